The van der Waals surface area contributed by atoms with Crippen molar-refractivity contribution in [2.75, 3.05) is 32.6 Å². The molecule has 17 nitrogen and oxygen atoms in total. The highest BCUT2D eigenvalue weighted by molar-refractivity contribution is 7.92. The average molecular weight is 886 g/mol. The predicted octanol–water partition coefficient (Wildman–Crippen LogP) is 5.16. The molecule has 1 heterocycles. The molecule has 1 unspecified atom stereocenters. The molecule has 0 aliphatic rings. The monoisotopic (exact) mass is 884 g/mol. The molecule has 0 aliphatic heterocycles. The van der Waals surface area contributed by atoms with Crippen LogP contribution in [-0.2, 0) is 14.6 Å². The molecule has 0 spiro atoms. The van der Waals surface area contributed by atoms with Gasteiger partial charge >= 0.3 is 7.60 Å². The number of phenolic OH excluding ortho intramolecular Hbond substituents is 4. The average Bonchev–Trinajstić information content (AvgIpc) is 3.63. The first-order chi connectivity index (χ1) is 26.9. The van der Waals surface area contributed by atoms with E-state index in [1.54, 1.807) is 6.07 Å². The van der Waals surface area contributed by atoms with Crippen LogP contribution in [0.4, 0.5) is 4.39 Å². The number of sulfonamides is 1. The minimum absolute atomic E-state index is 0.0225. The van der Waals surface area contributed by atoms with E-state index < -0.39 is 74.5 Å². The summed E-state index contributed by atoms with van der Waals surface area (Å²) in [5.74, 6) is -5.00. The number of halogens is 3. The molecule has 0 saturated heterocycles. The van der Waals surface area contributed by atoms with Crippen LogP contribution in [0.3, 0.4) is 0 Å². The highest BCUT2D eigenvalue weighted by atomic mass is 35.5. The summed E-state index contributed by atoms with van der Waals surface area (Å²) >= 11 is 14.0. The highest BCUT2D eigenvalue weighted by Gasteiger charge is 2.30. The van der Waals surface area contributed by atoms with Gasteiger partial charge in [-0.15, -0.1) is 11.3 Å². The number of carbonyl (C=O) groups excluding carboxylic acids is 2. The van der Waals surface area contributed by atoms with Crippen LogP contribution in [0.15, 0.2) is 64.9 Å². The Kier molecular flexibility index (Phi) is 13.3. The lowest BCUT2D eigenvalue weighted by Crippen LogP contribution is -2.28. The number of hydrogen-bond donors (Lipinski definition) is 8. The summed E-state index contributed by atoms with van der Waals surface area (Å²) in [6, 6.07) is 12.3. The third kappa shape index (κ3) is 10.3. The van der Waals surface area contributed by atoms with Crippen LogP contribution >= 0.6 is 42.1 Å². The fourth-order valence-corrected chi connectivity index (χ4v) is 9.41. The molecule has 0 bridgehead atoms. The van der Waals surface area contributed by atoms with Crippen LogP contribution in [0.5, 0.6) is 40.2 Å². The molecule has 0 fully saturated rings. The summed E-state index contributed by atoms with van der Waals surface area (Å²) in [6.07, 6.45) is -1.15. The number of fused-ring (bicyclic) bond motifs is 1. The van der Waals surface area contributed by atoms with Crippen LogP contribution in [0, 0.1) is 17.1 Å². The Labute approximate surface area is 336 Å². The summed E-state index contributed by atoms with van der Waals surface area (Å²) in [5.41, 5.74) is -0.303. The van der Waals surface area contributed by atoms with Gasteiger partial charge in [-0.2, -0.15) is 9.98 Å². The fourth-order valence-electron chi connectivity index (χ4n) is 4.76. The van der Waals surface area contributed by atoms with Crippen molar-refractivity contribution in [3.05, 3.63) is 93.2 Å². The van der Waals surface area contributed by atoms with E-state index in [4.69, 9.17) is 42.5 Å². The van der Waals surface area contributed by atoms with Crippen molar-refractivity contribution in [3.63, 3.8) is 0 Å². The molecule has 2 amide bonds. The number of thiophene rings is 1. The van der Waals surface area contributed by atoms with Crippen molar-refractivity contribution in [1.82, 2.24) is 15.4 Å². The third-order valence-corrected chi connectivity index (χ3v) is 12.7. The van der Waals surface area contributed by atoms with Gasteiger partial charge in [0.25, 0.3) is 21.8 Å². The Balaban J connectivity index is 1.35. The Morgan fingerprint density at radius 2 is 1.37 bits per heavy atom. The van der Waals surface area contributed by atoms with E-state index in [-0.39, 0.29) is 74.6 Å². The number of nitrogens with zero attached hydrogens (tertiary/aromatic N) is 1. The lowest BCUT2D eigenvalue weighted by Gasteiger charge is -2.17. The molecular formula is C34H28Cl2FN4O13PS2. The summed E-state index contributed by atoms with van der Waals surface area (Å²) in [7, 11) is -9.35. The zero-order chi connectivity index (χ0) is 41.7. The SMILES string of the molecule is N#Cc1ccc(OP(=O)(O)CNS(=O)(=O)c2cc3c(Cl)c(OCCNC(=O)c4ccc(O)c(O)c4)c(OCCNC(=O)c4ccc(O)c(O)c4)c(Cl)c3s2)cc1F. The smallest absolute Gasteiger partial charge is 0.391 e. The summed E-state index contributed by atoms with van der Waals surface area (Å²) in [6.45, 7) is -0.816. The maximum absolute atomic E-state index is 14.0. The first-order valence-electron chi connectivity index (χ1n) is 15.9. The first kappa shape index (κ1) is 42.6. The number of amides is 2. The van der Waals surface area contributed by atoms with Crippen LogP contribution in [-0.4, -0.2) is 78.1 Å². The van der Waals surface area contributed by atoms with Gasteiger partial charge in [-0.1, -0.05) is 23.2 Å². The molecule has 4 aromatic carbocycles. The number of rotatable bonds is 16. The molecule has 5 rings (SSSR count). The van der Waals surface area contributed by atoms with E-state index in [0.29, 0.717) is 17.4 Å². The van der Waals surface area contributed by atoms with Crippen LogP contribution in [0.25, 0.3) is 10.1 Å². The van der Waals surface area contributed by atoms with Crippen LogP contribution < -0.4 is 29.4 Å². The largest absolute Gasteiger partial charge is 0.504 e. The van der Waals surface area contributed by atoms with Crippen molar-refractivity contribution in [3.8, 4) is 46.3 Å². The van der Waals surface area contributed by atoms with Gasteiger partial charge < -0.3 is 50.0 Å². The first-order valence-corrected chi connectivity index (χ1v) is 20.7. The van der Waals surface area contributed by atoms with Crippen LogP contribution in [0.2, 0.25) is 10.0 Å². The number of nitriles is 1. The van der Waals surface area contributed by atoms with Crippen LogP contribution in [0.1, 0.15) is 26.3 Å². The molecule has 5 aromatic rings. The second-order valence-corrected chi connectivity index (χ2v) is 17.1. The minimum atomic E-state index is -4.77. The van der Waals surface area contributed by atoms with Crippen molar-refractivity contribution in [1.29, 1.82) is 5.26 Å². The number of hydrogen-bond acceptors (Lipinski definition) is 14. The van der Waals surface area contributed by atoms with E-state index in [1.165, 1.54) is 12.1 Å². The maximum Gasteiger partial charge on any atom is 0.391 e. The molecule has 1 aromatic heterocycles. The van der Waals surface area contributed by atoms with Gasteiger partial charge in [0.05, 0.1) is 28.4 Å². The Hall–Kier alpha value is -5.52. The van der Waals surface area contributed by atoms with Gasteiger partial charge in [0.1, 0.15) is 46.4 Å². The zero-order valence-corrected chi connectivity index (χ0v) is 32.7. The number of benzene rings is 4. The third-order valence-electron chi connectivity index (χ3n) is 7.52. The molecule has 23 heteroatoms. The Bertz CT molecular complexity index is 2470. The quantitative estimate of drug-likeness (QED) is 0.0361. The normalized spacial score (nSPS) is 12.3. The van der Waals surface area contributed by atoms with Crippen molar-refractivity contribution in [2.45, 2.75) is 4.21 Å². The summed E-state index contributed by atoms with van der Waals surface area (Å²) in [4.78, 5) is 35.4. The van der Waals surface area contributed by atoms with Gasteiger partial charge in [0.15, 0.2) is 34.5 Å². The van der Waals surface area contributed by atoms with E-state index >= 15 is 0 Å². The van der Waals surface area contributed by atoms with Gasteiger partial charge in [0, 0.05) is 22.6 Å². The standard InChI is InChI=1S/C34H28Cl2FN4O13PS2/c35-28-21-14-27(57(50,51)41-16-55(48,49)54-20-4-1-19(15-38)22(37)13-20)56-32(21)29(36)31(53-10-8-40-34(47)18-3-6-24(43)26(45)12-18)30(28)52-9-7-39-33(46)17-2-5-23(42)25(44)11-17/h1-6,11-14,41-45H,7-10,16H2,(H,39,46)(H,40,47)(H,48,49). The number of carbonyl (C=O) groups is 2. The van der Waals surface area contributed by atoms with E-state index in [2.05, 4.69) is 10.6 Å². The number of nitrogens with one attached hydrogen (secondary N) is 3. The minimum Gasteiger partial charge on any atom is -0.504 e. The molecule has 8 N–H and O–H groups in total. The molecule has 0 radical (unpaired) electrons. The molecule has 57 heavy (non-hydrogen) atoms. The second kappa shape index (κ2) is 17.7. The maximum atomic E-state index is 14.0. The summed E-state index contributed by atoms with van der Waals surface area (Å²) < 4.78 is 71.5. The molecular weight excluding hydrogens is 857 g/mol. The lowest BCUT2D eigenvalue weighted by atomic mass is 10.2. The van der Waals surface area contributed by atoms with Gasteiger partial charge in [-0.05, 0) is 54.6 Å². The van der Waals surface area contributed by atoms with E-state index in [0.717, 1.165) is 42.5 Å². The zero-order valence-electron chi connectivity index (χ0n) is 28.7. The number of ether oxygens (including phenoxy) is 2. The highest BCUT2D eigenvalue weighted by Crippen LogP contribution is 2.51. The molecule has 0 aliphatic carbocycles. The number of phenols is 4. The molecule has 0 saturated carbocycles. The van der Waals surface area contributed by atoms with E-state index in [1.807, 2.05) is 4.72 Å². The van der Waals surface area contributed by atoms with Crippen molar-refractivity contribution < 1.29 is 66.3 Å². The Morgan fingerprint density at radius 3 is 1.88 bits per heavy atom. The van der Waals surface area contributed by atoms with Crippen molar-refractivity contribution >= 4 is 74.1 Å². The summed E-state index contributed by atoms with van der Waals surface area (Å²) in [5, 5.41) is 52.1. The van der Waals surface area contributed by atoms with Gasteiger partial charge in [-0.25, -0.2) is 17.4 Å². The van der Waals surface area contributed by atoms with Crippen molar-refractivity contribution in [2.24, 2.45) is 0 Å². The molecule has 300 valence electrons. The predicted molar refractivity (Wildman–Crippen MR) is 204 cm³/mol. The fraction of sp³-hybridized carbons (Fsp3) is 0.147. The van der Waals surface area contributed by atoms with Gasteiger partial charge in [-0.3, -0.25) is 9.59 Å². The number of aromatic hydroxyl groups is 4. The Morgan fingerprint density at radius 1 is 0.825 bits per heavy atom. The lowest BCUT2D eigenvalue weighted by molar-refractivity contribution is 0.0936. The second-order valence-electron chi connectivity index (χ2n) is 11.5. The van der Waals surface area contributed by atoms with E-state index in [9.17, 15) is 52.3 Å². The molecule has 1 atom stereocenters. The van der Waals surface area contributed by atoms with Gasteiger partial charge in [0.2, 0.25) is 0 Å². The topological polar surface area (TPSA) is 274 Å².